The maximum Gasteiger partial charge on any atom is 0.251 e. The third kappa shape index (κ3) is 3.92. The molecule has 2 aliphatic rings. The second kappa shape index (κ2) is 7.62. The van der Waals surface area contributed by atoms with Crippen LogP contribution >= 0.6 is 0 Å². The number of amides is 2. The van der Waals surface area contributed by atoms with Gasteiger partial charge in [0.15, 0.2) is 0 Å². The zero-order valence-electron chi connectivity index (χ0n) is 13.7. The third-order valence-corrected chi connectivity index (χ3v) is 5.22. The van der Waals surface area contributed by atoms with Crippen LogP contribution in [0.3, 0.4) is 0 Å². The van der Waals surface area contributed by atoms with Crippen molar-refractivity contribution in [3.05, 3.63) is 35.9 Å². The summed E-state index contributed by atoms with van der Waals surface area (Å²) in [5, 5.41) is 2.85. The molecule has 1 N–H and O–H groups in total. The number of nitrogens with zero attached hydrogens (tertiary/aromatic N) is 1. The number of hydrogen-bond donors (Lipinski definition) is 1. The molecule has 0 unspecified atom stereocenters. The van der Waals surface area contributed by atoms with Gasteiger partial charge in [0, 0.05) is 31.1 Å². The molecule has 0 radical (unpaired) electrons. The van der Waals surface area contributed by atoms with Gasteiger partial charge in [0.25, 0.3) is 5.91 Å². The first-order valence-corrected chi connectivity index (χ1v) is 8.88. The summed E-state index contributed by atoms with van der Waals surface area (Å²) in [5.41, 5.74) is 0.644. The Bertz CT molecular complexity index is 542. The van der Waals surface area contributed by atoms with E-state index < -0.39 is 0 Å². The largest absolute Gasteiger partial charge is 0.352 e. The monoisotopic (exact) mass is 314 g/mol. The van der Waals surface area contributed by atoms with Crippen molar-refractivity contribution < 1.29 is 9.59 Å². The van der Waals surface area contributed by atoms with E-state index in [0.717, 1.165) is 19.4 Å². The van der Waals surface area contributed by atoms with E-state index in [9.17, 15) is 9.59 Å². The molecule has 1 aliphatic carbocycles. The van der Waals surface area contributed by atoms with Gasteiger partial charge in [-0.05, 0) is 43.7 Å². The van der Waals surface area contributed by atoms with Crippen LogP contribution in [0.15, 0.2) is 30.3 Å². The lowest BCUT2D eigenvalue weighted by Crippen LogP contribution is -2.50. The van der Waals surface area contributed by atoms with Crippen LogP contribution in [0.25, 0.3) is 0 Å². The van der Waals surface area contributed by atoms with E-state index in [1.807, 2.05) is 18.2 Å². The van der Waals surface area contributed by atoms with Crippen LogP contribution in [-0.2, 0) is 4.79 Å². The molecule has 124 valence electrons. The van der Waals surface area contributed by atoms with Crippen LogP contribution in [0.1, 0.15) is 55.3 Å². The quantitative estimate of drug-likeness (QED) is 0.929. The standard InChI is InChI=1S/C19H26N2O2/c22-18(12-13-20-19(23)16-8-2-1-3-9-16)21-14-6-10-15-7-4-5-11-17(15)21/h1-3,8-9,15,17H,4-7,10-14H2,(H,20,23)/t15-,17+/m0/s1. The van der Waals surface area contributed by atoms with Gasteiger partial charge in [-0.3, -0.25) is 9.59 Å². The number of carbonyl (C=O) groups is 2. The first kappa shape index (κ1) is 16.0. The molecule has 2 amide bonds. The molecule has 0 aromatic heterocycles. The summed E-state index contributed by atoms with van der Waals surface area (Å²) in [6.45, 7) is 1.31. The number of fused-ring (bicyclic) bond motifs is 1. The Balaban J connectivity index is 1.48. The highest BCUT2D eigenvalue weighted by molar-refractivity contribution is 5.94. The molecule has 1 heterocycles. The Morgan fingerprint density at radius 1 is 1.04 bits per heavy atom. The predicted molar refractivity (Wildman–Crippen MR) is 90.1 cm³/mol. The van der Waals surface area contributed by atoms with Gasteiger partial charge < -0.3 is 10.2 Å². The molecule has 4 nitrogen and oxygen atoms in total. The first-order valence-electron chi connectivity index (χ1n) is 8.88. The van der Waals surface area contributed by atoms with Gasteiger partial charge in [0.2, 0.25) is 5.91 Å². The molecule has 3 rings (SSSR count). The molecule has 4 heteroatoms. The molecule has 1 saturated heterocycles. The summed E-state index contributed by atoms with van der Waals surface area (Å²) in [6.07, 6.45) is 7.81. The van der Waals surface area contributed by atoms with Crippen LogP contribution in [0, 0.1) is 5.92 Å². The zero-order chi connectivity index (χ0) is 16.1. The molecule has 2 fully saturated rings. The lowest BCUT2D eigenvalue weighted by Gasteiger charge is -2.44. The highest BCUT2D eigenvalue weighted by Gasteiger charge is 2.35. The predicted octanol–water partition coefficient (Wildman–Crippen LogP) is 2.99. The Labute approximate surface area is 138 Å². The van der Waals surface area contributed by atoms with Crippen LogP contribution in [0.4, 0.5) is 0 Å². The van der Waals surface area contributed by atoms with Crippen molar-refractivity contribution in [2.75, 3.05) is 13.1 Å². The number of benzene rings is 1. The number of hydrogen-bond acceptors (Lipinski definition) is 2. The van der Waals surface area contributed by atoms with Crippen molar-refractivity contribution in [1.82, 2.24) is 10.2 Å². The van der Waals surface area contributed by atoms with Crippen molar-refractivity contribution in [1.29, 1.82) is 0 Å². The SMILES string of the molecule is O=C(NCCC(=O)N1CCC[C@@H]2CCCC[C@H]21)c1ccccc1. The third-order valence-electron chi connectivity index (χ3n) is 5.22. The minimum Gasteiger partial charge on any atom is -0.352 e. The van der Waals surface area contributed by atoms with E-state index in [0.29, 0.717) is 30.5 Å². The van der Waals surface area contributed by atoms with Gasteiger partial charge in [-0.25, -0.2) is 0 Å². The van der Waals surface area contributed by atoms with Crippen LogP contribution in [-0.4, -0.2) is 35.8 Å². The number of nitrogens with one attached hydrogen (secondary N) is 1. The van der Waals surface area contributed by atoms with E-state index in [-0.39, 0.29) is 11.8 Å². The van der Waals surface area contributed by atoms with Crippen LogP contribution in [0.2, 0.25) is 0 Å². The molecular formula is C19H26N2O2. The minimum atomic E-state index is -0.104. The summed E-state index contributed by atoms with van der Waals surface area (Å²) < 4.78 is 0. The van der Waals surface area contributed by atoms with Crippen molar-refractivity contribution in [3.63, 3.8) is 0 Å². The van der Waals surface area contributed by atoms with Crippen molar-refractivity contribution >= 4 is 11.8 Å². The second-order valence-electron chi connectivity index (χ2n) is 6.71. The van der Waals surface area contributed by atoms with E-state index in [1.54, 1.807) is 12.1 Å². The van der Waals surface area contributed by atoms with Gasteiger partial charge in [0.05, 0.1) is 0 Å². The Morgan fingerprint density at radius 2 is 1.78 bits per heavy atom. The normalized spacial score (nSPS) is 23.9. The lowest BCUT2D eigenvalue weighted by atomic mass is 9.78. The fourth-order valence-electron chi connectivity index (χ4n) is 4.05. The highest BCUT2D eigenvalue weighted by atomic mass is 16.2. The van der Waals surface area contributed by atoms with E-state index >= 15 is 0 Å². The van der Waals surface area contributed by atoms with Crippen molar-refractivity contribution in [3.8, 4) is 0 Å². The summed E-state index contributed by atoms with van der Waals surface area (Å²) in [5.74, 6) is 0.808. The average Bonchev–Trinajstić information content (AvgIpc) is 2.61. The lowest BCUT2D eigenvalue weighted by molar-refractivity contribution is -0.137. The number of likely N-dealkylation sites (tertiary alicyclic amines) is 1. The molecular weight excluding hydrogens is 288 g/mol. The summed E-state index contributed by atoms with van der Waals surface area (Å²) >= 11 is 0. The Hall–Kier alpha value is -1.84. The van der Waals surface area contributed by atoms with E-state index in [2.05, 4.69) is 10.2 Å². The number of carbonyl (C=O) groups excluding carboxylic acids is 2. The summed E-state index contributed by atoms with van der Waals surface area (Å²) in [6, 6.07) is 9.60. The smallest absolute Gasteiger partial charge is 0.251 e. The number of piperidine rings is 1. The average molecular weight is 314 g/mol. The van der Waals surface area contributed by atoms with Crippen molar-refractivity contribution in [2.45, 2.75) is 51.0 Å². The van der Waals surface area contributed by atoms with Gasteiger partial charge >= 0.3 is 0 Å². The molecule has 0 spiro atoms. The molecule has 1 aliphatic heterocycles. The summed E-state index contributed by atoms with van der Waals surface area (Å²) in [4.78, 5) is 26.6. The highest BCUT2D eigenvalue weighted by Crippen LogP contribution is 2.35. The Kier molecular flexibility index (Phi) is 5.31. The zero-order valence-corrected chi connectivity index (χ0v) is 13.7. The van der Waals surface area contributed by atoms with Crippen LogP contribution < -0.4 is 5.32 Å². The Morgan fingerprint density at radius 3 is 2.61 bits per heavy atom. The topological polar surface area (TPSA) is 49.4 Å². The van der Waals surface area contributed by atoms with Gasteiger partial charge in [-0.15, -0.1) is 0 Å². The van der Waals surface area contributed by atoms with Gasteiger partial charge in [-0.2, -0.15) is 0 Å². The maximum atomic E-state index is 12.5. The first-order chi connectivity index (χ1) is 11.3. The fraction of sp³-hybridized carbons (Fsp3) is 0.579. The maximum absolute atomic E-state index is 12.5. The molecule has 2 atom stereocenters. The summed E-state index contributed by atoms with van der Waals surface area (Å²) in [7, 11) is 0. The fourth-order valence-corrected chi connectivity index (χ4v) is 4.05. The molecule has 1 saturated carbocycles. The van der Waals surface area contributed by atoms with E-state index in [1.165, 1.54) is 25.7 Å². The second-order valence-corrected chi connectivity index (χ2v) is 6.71. The molecule has 0 bridgehead atoms. The van der Waals surface area contributed by atoms with Gasteiger partial charge in [-0.1, -0.05) is 31.0 Å². The van der Waals surface area contributed by atoms with E-state index in [4.69, 9.17) is 0 Å². The van der Waals surface area contributed by atoms with Crippen LogP contribution in [0.5, 0.6) is 0 Å². The molecule has 1 aromatic rings. The molecule has 1 aromatic carbocycles. The number of rotatable bonds is 4. The van der Waals surface area contributed by atoms with Gasteiger partial charge in [0.1, 0.15) is 0 Å². The molecule has 23 heavy (non-hydrogen) atoms. The van der Waals surface area contributed by atoms with Crippen molar-refractivity contribution in [2.24, 2.45) is 5.92 Å². The minimum absolute atomic E-state index is 0.104.